The van der Waals surface area contributed by atoms with Crippen LogP contribution in [-0.2, 0) is 9.47 Å². The van der Waals surface area contributed by atoms with Crippen molar-refractivity contribution in [3.63, 3.8) is 0 Å². The molecular weight excluding hydrogens is 404 g/mol. The molecule has 2 heterocycles. The van der Waals surface area contributed by atoms with Crippen LogP contribution in [0.15, 0.2) is 48.8 Å². The van der Waals surface area contributed by atoms with Crippen molar-refractivity contribution in [1.82, 2.24) is 9.13 Å². The van der Waals surface area contributed by atoms with Gasteiger partial charge in [0.1, 0.15) is 11.2 Å². The van der Waals surface area contributed by atoms with Crippen LogP contribution in [0.4, 0.5) is 9.59 Å². The highest BCUT2D eigenvalue weighted by molar-refractivity contribution is 5.89. The van der Waals surface area contributed by atoms with Crippen molar-refractivity contribution >= 4 is 12.2 Å². The first-order valence-corrected chi connectivity index (χ1v) is 10.7. The van der Waals surface area contributed by atoms with Gasteiger partial charge in [0.05, 0.1) is 11.4 Å². The smallest absolute Gasteiger partial charge is 0.418 e. The fraction of sp³-hybridized carbons (Fsp3) is 0.385. The molecule has 0 saturated carbocycles. The fourth-order valence-corrected chi connectivity index (χ4v) is 3.38. The largest absolute Gasteiger partial charge is 0.443 e. The van der Waals surface area contributed by atoms with Gasteiger partial charge >= 0.3 is 12.2 Å². The topological polar surface area (TPSA) is 62.5 Å². The third-order valence-corrected chi connectivity index (χ3v) is 4.86. The molecule has 0 radical (unpaired) electrons. The maximum Gasteiger partial charge on any atom is 0.418 e. The molecule has 32 heavy (non-hydrogen) atoms. The normalized spacial score (nSPS) is 12.0. The second kappa shape index (κ2) is 8.34. The summed E-state index contributed by atoms with van der Waals surface area (Å²) in [6.45, 7) is 15.1. The van der Waals surface area contributed by atoms with Crippen molar-refractivity contribution in [2.75, 3.05) is 0 Å². The van der Waals surface area contributed by atoms with E-state index in [2.05, 4.69) is 0 Å². The van der Waals surface area contributed by atoms with Gasteiger partial charge in [-0.3, -0.25) is 9.13 Å². The summed E-state index contributed by atoms with van der Waals surface area (Å²) in [4.78, 5) is 25.7. The average Bonchev–Trinajstić information content (AvgIpc) is 3.29. The molecule has 0 bridgehead atoms. The van der Waals surface area contributed by atoms with Crippen molar-refractivity contribution in [3.05, 3.63) is 59.9 Å². The Kier molecular flexibility index (Phi) is 6.09. The lowest BCUT2D eigenvalue weighted by atomic mass is 9.95. The van der Waals surface area contributed by atoms with E-state index < -0.39 is 23.4 Å². The first-order chi connectivity index (χ1) is 14.8. The van der Waals surface area contributed by atoms with Gasteiger partial charge in [-0.2, -0.15) is 0 Å². The average molecular weight is 437 g/mol. The van der Waals surface area contributed by atoms with Gasteiger partial charge in [-0.05, 0) is 103 Å². The highest BCUT2D eigenvalue weighted by atomic mass is 16.6. The van der Waals surface area contributed by atoms with E-state index in [1.54, 1.807) is 12.4 Å². The van der Waals surface area contributed by atoms with E-state index in [0.29, 0.717) is 11.4 Å². The molecule has 0 amide bonds. The third kappa shape index (κ3) is 5.13. The van der Waals surface area contributed by atoms with Crippen LogP contribution in [0.2, 0.25) is 0 Å². The van der Waals surface area contributed by atoms with Gasteiger partial charge in [-0.25, -0.2) is 9.59 Å². The zero-order valence-corrected chi connectivity index (χ0v) is 20.1. The molecule has 3 rings (SSSR count). The molecular formula is C26H32N2O4. The van der Waals surface area contributed by atoms with Gasteiger partial charge in [0.25, 0.3) is 0 Å². The van der Waals surface area contributed by atoms with Crippen molar-refractivity contribution in [3.8, 4) is 22.5 Å². The second-order valence-electron chi connectivity index (χ2n) is 9.97. The van der Waals surface area contributed by atoms with E-state index in [4.69, 9.17) is 9.47 Å². The second-order valence-corrected chi connectivity index (χ2v) is 9.97. The molecule has 170 valence electrons. The Morgan fingerprint density at radius 1 is 0.688 bits per heavy atom. The molecule has 0 fully saturated rings. The summed E-state index contributed by atoms with van der Waals surface area (Å²) >= 11 is 0. The maximum atomic E-state index is 12.9. The number of benzene rings is 1. The molecule has 0 spiro atoms. The Hall–Kier alpha value is -3.28. The lowest BCUT2D eigenvalue weighted by Gasteiger charge is -2.22. The van der Waals surface area contributed by atoms with Crippen LogP contribution >= 0.6 is 0 Å². The Morgan fingerprint density at radius 2 is 1.03 bits per heavy atom. The highest BCUT2D eigenvalue weighted by Crippen LogP contribution is 2.35. The number of hydrogen-bond acceptors (Lipinski definition) is 4. The summed E-state index contributed by atoms with van der Waals surface area (Å²) in [5.74, 6) is 0. The van der Waals surface area contributed by atoms with Gasteiger partial charge in [0.15, 0.2) is 0 Å². The number of aryl methyl sites for hydroxylation is 2. The molecule has 3 aromatic rings. The summed E-state index contributed by atoms with van der Waals surface area (Å²) in [6, 6.07) is 11.4. The van der Waals surface area contributed by atoms with Crippen LogP contribution in [0.3, 0.4) is 0 Å². The monoisotopic (exact) mass is 436 g/mol. The predicted molar refractivity (Wildman–Crippen MR) is 126 cm³/mol. The molecule has 6 nitrogen and oxygen atoms in total. The first kappa shape index (κ1) is 23.4. The number of hydrogen-bond donors (Lipinski definition) is 0. The van der Waals surface area contributed by atoms with Crippen molar-refractivity contribution in [1.29, 1.82) is 0 Å². The van der Waals surface area contributed by atoms with Crippen LogP contribution in [0.5, 0.6) is 0 Å². The van der Waals surface area contributed by atoms with Crippen LogP contribution in [0.1, 0.15) is 52.7 Å². The molecule has 2 aromatic heterocycles. The zero-order chi connectivity index (χ0) is 23.8. The van der Waals surface area contributed by atoms with Gasteiger partial charge in [0.2, 0.25) is 0 Å². The lowest BCUT2D eigenvalue weighted by molar-refractivity contribution is 0.0528. The van der Waals surface area contributed by atoms with Gasteiger partial charge < -0.3 is 9.47 Å². The fourth-order valence-electron chi connectivity index (χ4n) is 3.38. The minimum Gasteiger partial charge on any atom is -0.443 e. The molecule has 1 aromatic carbocycles. The van der Waals surface area contributed by atoms with Crippen molar-refractivity contribution in [2.24, 2.45) is 0 Å². The highest BCUT2D eigenvalue weighted by Gasteiger charge is 2.24. The summed E-state index contributed by atoms with van der Waals surface area (Å²) in [7, 11) is 0. The summed E-state index contributed by atoms with van der Waals surface area (Å²) < 4.78 is 14.2. The minimum absolute atomic E-state index is 0.454. The van der Waals surface area contributed by atoms with Crippen molar-refractivity contribution in [2.45, 2.75) is 66.6 Å². The molecule has 6 heteroatoms. The Balaban J connectivity index is 2.16. The standard InChI is InChI=1S/C26H32N2O4/c1-17-15-19(21-11-9-13-27(21)23(29)31-25(3,4)5)20(16-18(17)2)22-12-10-14-28(22)24(30)32-26(6,7)8/h9-16H,1-8H3. The first-order valence-electron chi connectivity index (χ1n) is 10.7. The molecule has 0 aliphatic carbocycles. The van der Waals surface area contributed by atoms with E-state index in [1.165, 1.54) is 9.13 Å². The van der Waals surface area contributed by atoms with Gasteiger partial charge in [-0.15, -0.1) is 0 Å². The third-order valence-electron chi connectivity index (χ3n) is 4.86. The number of carbonyl (C=O) groups is 2. The van der Waals surface area contributed by atoms with E-state index in [-0.39, 0.29) is 0 Å². The molecule has 0 saturated heterocycles. The minimum atomic E-state index is -0.615. The SMILES string of the molecule is Cc1cc(-c2cccn2C(=O)OC(C)(C)C)c(-c2cccn2C(=O)OC(C)(C)C)cc1C. The molecule has 0 atom stereocenters. The number of carbonyl (C=O) groups excluding carboxylic acids is 2. The summed E-state index contributed by atoms with van der Waals surface area (Å²) in [5, 5.41) is 0. The molecule has 0 aliphatic heterocycles. The van der Waals surface area contributed by atoms with Crippen LogP contribution in [-0.4, -0.2) is 32.5 Å². The quantitative estimate of drug-likeness (QED) is 0.443. The predicted octanol–water partition coefficient (Wildman–Crippen LogP) is 6.81. The van der Waals surface area contributed by atoms with Gasteiger partial charge in [-0.1, -0.05) is 0 Å². The van der Waals surface area contributed by atoms with Crippen LogP contribution < -0.4 is 0 Å². The van der Waals surface area contributed by atoms with E-state index >= 15 is 0 Å². The Morgan fingerprint density at radius 3 is 1.34 bits per heavy atom. The molecule has 0 unspecified atom stereocenters. The van der Waals surface area contributed by atoms with E-state index in [9.17, 15) is 9.59 Å². The van der Waals surface area contributed by atoms with Crippen LogP contribution in [0, 0.1) is 13.8 Å². The van der Waals surface area contributed by atoms with Gasteiger partial charge in [0, 0.05) is 23.5 Å². The Labute approximate surface area is 189 Å². The van der Waals surface area contributed by atoms with E-state index in [0.717, 1.165) is 22.3 Å². The molecule has 0 N–H and O–H groups in total. The van der Waals surface area contributed by atoms with E-state index in [1.807, 2.05) is 91.8 Å². The molecule has 0 aliphatic rings. The number of nitrogens with zero attached hydrogens (tertiary/aromatic N) is 2. The summed E-state index contributed by atoms with van der Waals surface area (Å²) in [5.41, 5.74) is 3.96. The number of rotatable bonds is 2. The summed E-state index contributed by atoms with van der Waals surface area (Å²) in [6.07, 6.45) is 2.47. The van der Waals surface area contributed by atoms with Crippen molar-refractivity contribution < 1.29 is 19.1 Å². The lowest BCUT2D eigenvalue weighted by Crippen LogP contribution is -2.27. The van der Waals surface area contributed by atoms with Crippen LogP contribution in [0.25, 0.3) is 22.5 Å². The maximum absolute atomic E-state index is 12.9. The Bertz CT molecular complexity index is 1060. The zero-order valence-electron chi connectivity index (χ0n) is 20.1. The number of aromatic nitrogens is 2. The number of ether oxygens (including phenoxy) is 2.